The van der Waals surface area contributed by atoms with Gasteiger partial charge in [-0.15, -0.1) is 0 Å². The number of carbonyl (C=O) groups excluding carboxylic acids is 6. The van der Waals surface area contributed by atoms with Gasteiger partial charge < -0.3 is 51.4 Å². The first-order valence-electron chi connectivity index (χ1n) is 19.5. The number of aromatic nitrogens is 1. The summed E-state index contributed by atoms with van der Waals surface area (Å²) < 4.78 is 10.5. The highest BCUT2D eigenvalue weighted by Gasteiger charge is 2.25. The summed E-state index contributed by atoms with van der Waals surface area (Å²) >= 11 is 0. The Kier molecular flexibility index (Phi) is 20.5. The molecule has 20 heteroatoms. The molecule has 0 radical (unpaired) electrons. The van der Waals surface area contributed by atoms with Gasteiger partial charge in [-0.05, 0) is 68.0 Å². The minimum atomic E-state index is -1.49. The molecule has 0 saturated carbocycles. The Morgan fingerprint density at radius 3 is 2.10 bits per heavy atom. The Morgan fingerprint density at radius 2 is 1.47 bits per heavy atom. The Balaban J connectivity index is 1.47. The number of hydrogen-bond donors (Lipinski definition) is 8. The number of benzene rings is 2. The van der Waals surface area contributed by atoms with Gasteiger partial charge in [-0.2, -0.15) is 0 Å². The van der Waals surface area contributed by atoms with E-state index in [0.717, 1.165) is 11.3 Å². The molecular formula is C42H50N6O14. The molecule has 0 bridgehead atoms. The third-order valence-electron chi connectivity index (χ3n) is 9.11. The molecule has 0 saturated heterocycles. The second-order valence-electron chi connectivity index (χ2n) is 14.0. The average molecular weight is 863 g/mol. The number of pyridine rings is 1. The molecule has 1 heterocycles. The van der Waals surface area contributed by atoms with Crippen molar-refractivity contribution in [2.45, 2.75) is 76.6 Å². The maximum Gasteiger partial charge on any atom is 0.326 e. The number of nitrogens with zero attached hydrogens (tertiary/aromatic N) is 1. The molecule has 20 nitrogen and oxygen atoms in total. The van der Waals surface area contributed by atoms with Crippen molar-refractivity contribution >= 4 is 53.9 Å². The largest absolute Gasteiger partial charge is 0.484 e. The van der Waals surface area contributed by atoms with Crippen LogP contribution in [0.25, 0.3) is 0 Å². The molecule has 0 aliphatic carbocycles. The lowest BCUT2D eigenvalue weighted by molar-refractivity contribution is -0.143. The molecule has 332 valence electrons. The first-order chi connectivity index (χ1) is 29.6. The van der Waals surface area contributed by atoms with E-state index in [0.29, 0.717) is 18.4 Å². The molecule has 0 aliphatic rings. The number of rotatable bonds is 28. The van der Waals surface area contributed by atoms with Crippen molar-refractivity contribution in [1.29, 1.82) is 0 Å². The van der Waals surface area contributed by atoms with Crippen LogP contribution in [0.4, 0.5) is 4.79 Å². The Labute approximate surface area is 356 Å². The molecule has 3 rings (SSSR count). The van der Waals surface area contributed by atoms with Gasteiger partial charge in [-0.25, -0.2) is 9.59 Å². The summed E-state index contributed by atoms with van der Waals surface area (Å²) in [4.78, 5) is 113. The fourth-order valence-electron chi connectivity index (χ4n) is 5.83. The molecule has 5 amide bonds. The number of carbonyl (C=O) groups is 9. The smallest absolute Gasteiger partial charge is 0.326 e. The third kappa shape index (κ3) is 18.7. The maximum atomic E-state index is 13.3. The minimum Gasteiger partial charge on any atom is -0.484 e. The van der Waals surface area contributed by atoms with E-state index in [-0.39, 0.29) is 63.0 Å². The maximum absolute atomic E-state index is 13.3. The van der Waals surface area contributed by atoms with Crippen molar-refractivity contribution in [2.24, 2.45) is 5.92 Å². The van der Waals surface area contributed by atoms with Crippen LogP contribution in [0.5, 0.6) is 5.75 Å². The van der Waals surface area contributed by atoms with Crippen LogP contribution in [0.2, 0.25) is 0 Å². The van der Waals surface area contributed by atoms with Crippen molar-refractivity contribution in [1.82, 2.24) is 31.6 Å². The van der Waals surface area contributed by atoms with E-state index in [1.807, 2.05) is 0 Å². The van der Waals surface area contributed by atoms with Gasteiger partial charge in [-0.3, -0.25) is 38.5 Å². The number of carboxylic acid groups (broad SMARTS) is 3. The molecule has 2 aromatic carbocycles. The molecule has 8 N–H and O–H groups in total. The second-order valence-corrected chi connectivity index (χ2v) is 14.0. The van der Waals surface area contributed by atoms with E-state index in [1.165, 1.54) is 18.3 Å². The quantitative estimate of drug-likeness (QED) is 0.0292. The summed E-state index contributed by atoms with van der Waals surface area (Å²) in [6.45, 7) is 1.20. The van der Waals surface area contributed by atoms with Gasteiger partial charge in [0.2, 0.25) is 5.91 Å². The average Bonchev–Trinajstić information content (AvgIpc) is 3.23. The molecule has 4 atom stereocenters. The molecular weight excluding hydrogens is 812 g/mol. The van der Waals surface area contributed by atoms with Gasteiger partial charge in [0.1, 0.15) is 17.8 Å². The normalized spacial score (nSPS) is 12.5. The van der Waals surface area contributed by atoms with Gasteiger partial charge in [0.15, 0.2) is 18.6 Å². The fraction of sp³-hybridized carbons (Fsp3) is 0.381. The summed E-state index contributed by atoms with van der Waals surface area (Å²) in [5, 5.41) is 40.2. The number of aliphatic carboxylic acids is 3. The van der Waals surface area contributed by atoms with Gasteiger partial charge >= 0.3 is 23.9 Å². The predicted octanol–water partition coefficient (Wildman–Crippen LogP) is 1.53. The van der Waals surface area contributed by atoms with E-state index in [2.05, 4.69) is 31.6 Å². The van der Waals surface area contributed by atoms with E-state index in [9.17, 15) is 53.4 Å². The highest BCUT2D eigenvalue weighted by atomic mass is 16.5. The topological polar surface area (TPSA) is 306 Å². The van der Waals surface area contributed by atoms with Gasteiger partial charge in [0.25, 0.3) is 18.3 Å². The number of nitrogens with one attached hydrogen (secondary N) is 5. The van der Waals surface area contributed by atoms with E-state index >= 15 is 0 Å². The summed E-state index contributed by atoms with van der Waals surface area (Å²) in [6.07, 6.45) is -0.0189. The van der Waals surface area contributed by atoms with Gasteiger partial charge in [0.05, 0.1) is 18.0 Å². The van der Waals surface area contributed by atoms with Crippen LogP contribution in [0.15, 0.2) is 72.9 Å². The van der Waals surface area contributed by atoms with Crippen molar-refractivity contribution in [3.05, 3.63) is 95.3 Å². The van der Waals surface area contributed by atoms with Crippen LogP contribution in [0.1, 0.15) is 65.7 Å². The number of carboxylic acids is 3. The van der Waals surface area contributed by atoms with Crippen LogP contribution in [-0.2, 0) is 51.1 Å². The number of ether oxygens (including phenoxy) is 2. The highest BCUT2D eigenvalue weighted by molar-refractivity contribution is 5.97. The molecule has 62 heavy (non-hydrogen) atoms. The molecule has 0 aliphatic heterocycles. The number of unbranched alkanes of at least 4 members (excludes halogenated alkanes) is 1. The number of Topliss-reactive ketones (excluding diaryl/α,β-unsaturated/α-hetero) is 1. The number of urea groups is 1. The zero-order valence-electron chi connectivity index (χ0n) is 33.9. The number of ketones is 1. The van der Waals surface area contributed by atoms with Crippen molar-refractivity contribution in [3.63, 3.8) is 0 Å². The number of hydrogen-bond acceptors (Lipinski definition) is 12. The Bertz CT molecular complexity index is 2000. The first kappa shape index (κ1) is 49.0. The van der Waals surface area contributed by atoms with Crippen molar-refractivity contribution in [2.75, 3.05) is 19.7 Å². The number of amides is 5. The zero-order valence-corrected chi connectivity index (χ0v) is 33.9. The van der Waals surface area contributed by atoms with Crippen LogP contribution >= 0.6 is 0 Å². The van der Waals surface area contributed by atoms with Crippen LogP contribution < -0.4 is 31.3 Å². The molecule has 1 aromatic heterocycles. The zero-order chi connectivity index (χ0) is 45.4. The van der Waals surface area contributed by atoms with Crippen LogP contribution in [0.3, 0.4) is 0 Å². The summed E-state index contributed by atoms with van der Waals surface area (Å²) in [6, 6.07) is 15.0. The first-order valence-corrected chi connectivity index (χ1v) is 19.5. The molecule has 3 aromatic rings. The molecule has 0 unspecified atom stereocenters. The number of aryl methyl sites for hydroxylation is 1. The highest BCUT2D eigenvalue weighted by Crippen LogP contribution is 2.18. The third-order valence-corrected chi connectivity index (χ3v) is 9.11. The lowest BCUT2D eigenvalue weighted by atomic mass is 9.94. The Hall–Kier alpha value is -7.38. The van der Waals surface area contributed by atoms with Crippen LogP contribution in [-0.4, -0.2) is 112 Å². The molecule has 0 fully saturated rings. The fourth-order valence-corrected chi connectivity index (χ4v) is 5.83. The SMILES string of the molecule is Cc1ccc(C(=O)NCC(=O)C[C@@H](Cc2ccc(OCC(=O)N[C@@H](Cc3ccccc3)C(=O)NCCCC[C@H](NC(=O)N[C@@H](CCC(=O)O)C(=O)O)OC=O)cc2)C(=O)O)cn1. The predicted molar refractivity (Wildman–Crippen MR) is 218 cm³/mol. The summed E-state index contributed by atoms with van der Waals surface area (Å²) in [7, 11) is 0. The van der Waals surface area contributed by atoms with Crippen molar-refractivity contribution in [3.8, 4) is 5.75 Å². The lowest BCUT2D eigenvalue weighted by Gasteiger charge is -2.20. The standard InChI is InChI=1S/C42H50N6O14/c1-26-10-13-29(22-44-26)38(54)45-23-31(50)21-30(40(56)57)19-28-11-14-32(15-12-28)61-24-35(51)46-34(20-27-7-3-2-4-8-27)39(55)43-18-6-5-9-36(62-25-49)48-42(60)47-33(41(58)59)16-17-37(52)53/h2-4,7-8,10-15,22,25,30,33-34,36H,5-6,9,16-21,23-24H2,1H3,(H,43,55)(H,45,54)(H,46,51)(H,52,53)(H,56,57)(H,58,59)(H2,47,48,60)/t30-,33+,34+,36-/m1/s1. The monoisotopic (exact) mass is 862 g/mol. The van der Waals surface area contributed by atoms with Crippen LogP contribution in [0, 0.1) is 12.8 Å². The summed E-state index contributed by atoms with van der Waals surface area (Å²) in [5.41, 5.74) is 2.34. The van der Waals surface area contributed by atoms with E-state index in [1.54, 1.807) is 61.5 Å². The minimum absolute atomic E-state index is 0.0155. The van der Waals surface area contributed by atoms with E-state index in [4.69, 9.17) is 14.6 Å². The summed E-state index contributed by atoms with van der Waals surface area (Å²) in [5.74, 6) is -6.71. The van der Waals surface area contributed by atoms with Crippen molar-refractivity contribution < 1.29 is 67.9 Å². The van der Waals surface area contributed by atoms with E-state index < -0.39 is 84.7 Å². The Morgan fingerprint density at radius 1 is 0.758 bits per heavy atom. The molecule has 0 spiro atoms. The second kappa shape index (κ2) is 26.0. The lowest BCUT2D eigenvalue weighted by Crippen LogP contribution is -2.50. The van der Waals surface area contributed by atoms with Gasteiger partial charge in [0, 0.05) is 44.1 Å². The van der Waals surface area contributed by atoms with Gasteiger partial charge in [-0.1, -0.05) is 42.5 Å².